The van der Waals surface area contributed by atoms with Crippen molar-refractivity contribution < 1.29 is 14.3 Å². The Morgan fingerprint density at radius 2 is 1.92 bits per heavy atom. The summed E-state index contributed by atoms with van der Waals surface area (Å²) in [6.07, 6.45) is 3.10. The van der Waals surface area contributed by atoms with Crippen molar-refractivity contribution in [1.82, 2.24) is 0 Å². The Balaban J connectivity index is 2.15. The molecule has 0 aliphatic rings. The van der Waals surface area contributed by atoms with E-state index >= 15 is 0 Å². The van der Waals surface area contributed by atoms with E-state index in [0.717, 1.165) is 16.0 Å². The topological polar surface area (TPSA) is 55.4 Å². The fraction of sp³-hybridized carbons (Fsp3) is 0.222. The number of thiophene rings is 1. The highest BCUT2D eigenvalue weighted by Gasteiger charge is 2.21. The molecule has 0 aliphatic heterocycles. The first-order valence-corrected chi connectivity index (χ1v) is 8.63. The average molecular weight is 364 g/mol. The molecule has 1 amide bonds. The molecule has 0 spiro atoms. The van der Waals surface area contributed by atoms with Gasteiger partial charge in [-0.1, -0.05) is 23.7 Å². The van der Waals surface area contributed by atoms with Crippen molar-refractivity contribution in [3.05, 3.63) is 56.9 Å². The van der Waals surface area contributed by atoms with E-state index in [1.54, 1.807) is 25.1 Å². The summed E-state index contributed by atoms with van der Waals surface area (Å²) in [6.45, 7) is 5.79. The number of benzene rings is 1. The molecule has 0 radical (unpaired) electrons. The van der Waals surface area contributed by atoms with Crippen LogP contribution in [0.4, 0.5) is 5.00 Å². The van der Waals surface area contributed by atoms with Crippen LogP contribution in [-0.4, -0.2) is 18.5 Å². The zero-order chi connectivity index (χ0) is 17.7. The van der Waals surface area contributed by atoms with E-state index < -0.39 is 5.97 Å². The first kappa shape index (κ1) is 18.2. The fourth-order valence-corrected chi connectivity index (χ4v) is 3.24. The van der Waals surface area contributed by atoms with E-state index in [4.69, 9.17) is 16.3 Å². The number of halogens is 1. The lowest BCUT2D eigenvalue weighted by Crippen LogP contribution is -2.12. The van der Waals surface area contributed by atoms with Crippen LogP contribution in [0.2, 0.25) is 5.02 Å². The van der Waals surface area contributed by atoms with Gasteiger partial charge >= 0.3 is 5.97 Å². The molecule has 1 aromatic carbocycles. The molecule has 1 aromatic heterocycles. The number of nitrogens with one attached hydrogen (secondary N) is 1. The molecule has 1 heterocycles. The Labute approximate surface area is 150 Å². The molecule has 4 nitrogen and oxygen atoms in total. The van der Waals surface area contributed by atoms with E-state index in [9.17, 15) is 9.59 Å². The summed E-state index contributed by atoms with van der Waals surface area (Å²) in [5.74, 6) is -0.729. The second-order valence-electron chi connectivity index (χ2n) is 5.08. The minimum Gasteiger partial charge on any atom is -0.462 e. The summed E-state index contributed by atoms with van der Waals surface area (Å²) in [7, 11) is 0. The fourth-order valence-electron chi connectivity index (χ4n) is 2.06. The highest BCUT2D eigenvalue weighted by atomic mass is 35.5. The van der Waals surface area contributed by atoms with Crippen LogP contribution in [0.5, 0.6) is 0 Å². The van der Waals surface area contributed by atoms with Crippen LogP contribution in [0.25, 0.3) is 6.08 Å². The van der Waals surface area contributed by atoms with Gasteiger partial charge in [-0.2, -0.15) is 0 Å². The normalized spacial score (nSPS) is 10.8. The molecule has 0 saturated carbocycles. The number of carbonyl (C=O) groups excluding carboxylic acids is 2. The first-order valence-electron chi connectivity index (χ1n) is 7.44. The number of amides is 1. The van der Waals surface area contributed by atoms with Crippen molar-refractivity contribution in [2.75, 3.05) is 11.9 Å². The van der Waals surface area contributed by atoms with Gasteiger partial charge in [-0.3, -0.25) is 4.79 Å². The summed E-state index contributed by atoms with van der Waals surface area (Å²) in [4.78, 5) is 25.2. The van der Waals surface area contributed by atoms with Gasteiger partial charge in [-0.15, -0.1) is 11.3 Å². The summed E-state index contributed by atoms with van der Waals surface area (Å²) >= 11 is 7.19. The summed E-state index contributed by atoms with van der Waals surface area (Å²) in [5.41, 5.74) is 2.11. The van der Waals surface area contributed by atoms with Crippen LogP contribution in [0.3, 0.4) is 0 Å². The lowest BCUT2D eigenvalue weighted by molar-refractivity contribution is -0.111. The number of anilines is 1. The van der Waals surface area contributed by atoms with Crippen LogP contribution in [0.1, 0.15) is 33.3 Å². The molecule has 0 unspecified atom stereocenters. The molecule has 0 fully saturated rings. The van der Waals surface area contributed by atoms with E-state index in [0.29, 0.717) is 15.6 Å². The number of aryl methyl sites for hydroxylation is 1. The number of esters is 1. The quantitative estimate of drug-likeness (QED) is 0.610. The molecule has 0 bridgehead atoms. The maximum Gasteiger partial charge on any atom is 0.341 e. The van der Waals surface area contributed by atoms with E-state index in [1.807, 2.05) is 26.0 Å². The van der Waals surface area contributed by atoms with Crippen molar-refractivity contribution in [2.45, 2.75) is 20.8 Å². The van der Waals surface area contributed by atoms with Gasteiger partial charge < -0.3 is 10.1 Å². The molecule has 0 saturated heterocycles. The van der Waals surface area contributed by atoms with Crippen molar-refractivity contribution in [1.29, 1.82) is 0 Å². The zero-order valence-electron chi connectivity index (χ0n) is 13.7. The van der Waals surface area contributed by atoms with Crippen LogP contribution in [-0.2, 0) is 9.53 Å². The maximum atomic E-state index is 12.1. The molecule has 24 heavy (non-hydrogen) atoms. The molecule has 0 aliphatic carbocycles. The molecule has 6 heteroatoms. The monoisotopic (exact) mass is 363 g/mol. The number of rotatable bonds is 5. The first-order chi connectivity index (χ1) is 11.4. The van der Waals surface area contributed by atoms with Gasteiger partial charge in [0.25, 0.3) is 0 Å². The van der Waals surface area contributed by atoms with E-state index in [2.05, 4.69) is 5.32 Å². The molecule has 2 rings (SSSR count). The molecule has 126 valence electrons. The van der Waals surface area contributed by atoms with Crippen LogP contribution in [0, 0.1) is 13.8 Å². The Morgan fingerprint density at radius 3 is 2.54 bits per heavy atom. The Bertz CT molecular complexity index is 778. The van der Waals surface area contributed by atoms with E-state index in [-0.39, 0.29) is 12.5 Å². The van der Waals surface area contributed by atoms with Crippen LogP contribution in [0.15, 0.2) is 30.3 Å². The predicted octanol–water partition coefficient (Wildman–Crippen LogP) is 4.85. The largest absolute Gasteiger partial charge is 0.462 e. The van der Waals surface area contributed by atoms with Gasteiger partial charge in [0.2, 0.25) is 5.91 Å². The SMILES string of the molecule is CCOC(=O)c1c(NC(=O)/C=C/c2ccc(Cl)cc2)sc(C)c1C. The number of hydrogen-bond donors (Lipinski definition) is 1. The predicted molar refractivity (Wildman–Crippen MR) is 98.9 cm³/mol. The standard InChI is InChI=1S/C18H18ClNO3S/c1-4-23-18(22)16-11(2)12(3)24-17(16)20-15(21)10-7-13-5-8-14(19)9-6-13/h5-10H,4H2,1-3H3,(H,20,21)/b10-7+. The van der Waals surface area contributed by atoms with Gasteiger partial charge in [-0.05, 0) is 50.1 Å². The third-order valence-corrected chi connectivity index (χ3v) is 4.77. The molecular weight excluding hydrogens is 346 g/mol. The van der Waals surface area contributed by atoms with Crippen molar-refractivity contribution in [2.24, 2.45) is 0 Å². The average Bonchev–Trinajstić information content (AvgIpc) is 2.81. The lowest BCUT2D eigenvalue weighted by atomic mass is 10.1. The smallest absolute Gasteiger partial charge is 0.341 e. The third kappa shape index (κ3) is 4.46. The number of hydrogen-bond acceptors (Lipinski definition) is 4. The second-order valence-corrected chi connectivity index (χ2v) is 6.74. The maximum absolute atomic E-state index is 12.1. The van der Waals surface area contributed by atoms with Crippen molar-refractivity contribution in [3.63, 3.8) is 0 Å². The van der Waals surface area contributed by atoms with Gasteiger partial charge in [0.15, 0.2) is 0 Å². The molecule has 0 atom stereocenters. The van der Waals surface area contributed by atoms with Crippen molar-refractivity contribution in [3.8, 4) is 0 Å². The second kappa shape index (κ2) is 8.13. The Morgan fingerprint density at radius 1 is 1.25 bits per heavy atom. The number of carbonyl (C=O) groups is 2. The summed E-state index contributed by atoms with van der Waals surface area (Å²) in [5, 5.41) is 3.91. The van der Waals surface area contributed by atoms with Gasteiger partial charge in [0.05, 0.1) is 12.2 Å². The molecule has 2 aromatic rings. The van der Waals surface area contributed by atoms with Crippen molar-refractivity contribution >= 4 is 45.9 Å². The summed E-state index contributed by atoms with van der Waals surface area (Å²) in [6, 6.07) is 7.14. The van der Waals surface area contributed by atoms with E-state index in [1.165, 1.54) is 17.4 Å². The highest BCUT2D eigenvalue weighted by Crippen LogP contribution is 2.33. The Kier molecular flexibility index (Phi) is 6.17. The minimum absolute atomic E-state index is 0.289. The summed E-state index contributed by atoms with van der Waals surface area (Å²) < 4.78 is 5.07. The number of ether oxygens (including phenoxy) is 1. The molecular formula is C18H18ClNO3S. The Hall–Kier alpha value is -2.11. The zero-order valence-corrected chi connectivity index (χ0v) is 15.3. The lowest BCUT2D eigenvalue weighted by Gasteiger charge is -2.05. The highest BCUT2D eigenvalue weighted by molar-refractivity contribution is 7.16. The van der Waals surface area contributed by atoms with Gasteiger partial charge in [0, 0.05) is 16.0 Å². The molecule has 1 N–H and O–H groups in total. The van der Waals surface area contributed by atoms with Crippen LogP contribution < -0.4 is 5.32 Å². The third-order valence-electron chi connectivity index (χ3n) is 3.40. The van der Waals surface area contributed by atoms with Gasteiger partial charge in [-0.25, -0.2) is 4.79 Å². The van der Waals surface area contributed by atoms with Crippen LogP contribution >= 0.6 is 22.9 Å². The van der Waals surface area contributed by atoms with Gasteiger partial charge in [0.1, 0.15) is 5.00 Å². The minimum atomic E-state index is -0.420.